The molecule has 0 bridgehead atoms. The highest BCUT2D eigenvalue weighted by atomic mass is 35.5. The molecular formula is C31H33ClN4O. The number of carbonyl (C=O) groups excluding carboxylic acids is 1. The number of para-hydroxylation sites is 2. The number of rotatable bonds is 5. The highest BCUT2D eigenvalue weighted by molar-refractivity contribution is 6.33. The van der Waals surface area contributed by atoms with Crippen LogP contribution in [0.15, 0.2) is 66.7 Å². The van der Waals surface area contributed by atoms with Crippen molar-refractivity contribution in [3.8, 4) is 12.3 Å². The van der Waals surface area contributed by atoms with Crippen LogP contribution in [-0.4, -0.2) is 68.1 Å². The van der Waals surface area contributed by atoms with Gasteiger partial charge >= 0.3 is 0 Å². The summed E-state index contributed by atoms with van der Waals surface area (Å²) in [5.74, 6) is 2.90. The molecule has 5 rings (SSSR count). The van der Waals surface area contributed by atoms with Gasteiger partial charge in [0, 0.05) is 70.0 Å². The van der Waals surface area contributed by atoms with Gasteiger partial charge in [0.2, 0.25) is 0 Å². The van der Waals surface area contributed by atoms with Gasteiger partial charge in [-0.25, -0.2) is 0 Å². The van der Waals surface area contributed by atoms with Gasteiger partial charge in [-0.15, -0.1) is 6.42 Å². The molecule has 2 saturated heterocycles. The Bertz CT molecular complexity index is 1300. The van der Waals surface area contributed by atoms with Crippen molar-refractivity contribution in [3.05, 3.63) is 94.0 Å². The Balaban J connectivity index is 1.19. The molecule has 0 saturated carbocycles. The van der Waals surface area contributed by atoms with Crippen LogP contribution in [0.5, 0.6) is 0 Å². The minimum Gasteiger partial charge on any atom is -0.368 e. The summed E-state index contributed by atoms with van der Waals surface area (Å²) in [6, 6.07) is 22.4. The molecule has 5 nitrogen and oxygen atoms in total. The highest BCUT2D eigenvalue weighted by Gasteiger charge is 2.25. The summed E-state index contributed by atoms with van der Waals surface area (Å²) < 4.78 is 0. The number of terminal acetylenes is 1. The first-order valence-corrected chi connectivity index (χ1v) is 13.3. The Kier molecular flexibility index (Phi) is 7.69. The Labute approximate surface area is 225 Å². The molecule has 3 aromatic rings. The van der Waals surface area contributed by atoms with Crippen LogP contribution >= 0.6 is 11.6 Å². The Morgan fingerprint density at radius 1 is 0.838 bits per heavy atom. The smallest absolute Gasteiger partial charge is 0.254 e. The maximum atomic E-state index is 13.5. The molecule has 0 spiro atoms. The number of hydrogen-bond donors (Lipinski definition) is 0. The van der Waals surface area contributed by atoms with E-state index in [1.807, 2.05) is 48.2 Å². The molecule has 1 amide bonds. The molecule has 2 aliphatic rings. The van der Waals surface area contributed by atoms with E-state index in [0.29, 0.717) is 13.1 Å². The van der Waals surface area contributed by atoms with Gasteiger partial charge < -0.3 is 14.7 Å². The maximum Gasteiger partial charge on any atom is 0.254 e. The van der Waals surface area contributed by atoms with Crippen LogP contribution in [0.1, 0.15) is 27.0 Å². The van der Waals surface area contributed by atoms with Crippen LogP contribution in [0.2, 0.25) is 5.02 Å². The zero-order valence-corrected chi connectivity index (χ0v) is 22.1. The number of amides is 1. The lowest BCUT2D eigenvalue weighted by Crippen LogP contribution is -2.49. The number of carbonyl (C=O) groups is 1. The van der Waals surface area contributed by atoms with Crippen molar-refractivity contribution in [2.45, 2.75) is 13.5 Å². The van der Waals surface area contributed by atoms with E-state index >= 15 is 0 Å². The van der Waals surface area contributed by atoms with Gasteiger partial charge in [-0.1, -0.05) is 53.9 Å². The Hall–Kier alpha value is -3.46. The second-order valence-corrected chi connectivity index (χ2v) is 10.2. The lowest BCUT2D eigenvalue weighted by Gasteiger charge is -2.37. The molecule has 2 heterocycles. The fourth-order valence-electron chi connectivity index (χ4n) is 5.30. The van der Waals surface area contributed by atoms with Crippen molar-refractivity contribution in [1.82, 2.24) is 9.80 Å². The van der Waals surface area contributed by atoms with Crippen LogP contribution in [0.25, 0.3) is 0 Å². The van der Waals surface area contributed by atoms with E-state index in [2.05, 4.69) is 51.0 Å². The van der Waals surface area contributed by atoms with Crippen LogP contribution in [0, 0.1) is 19.3 Å². The molecule has 2 fully saturated rings. The maximum absolute atomic E-state index is 13.5. The van der Waals surface area contributed by atoms with Gasteiger partial charge in [0.1, 0.15) is 0 Å². The van der Waals surface area contributed by atoms with Crippen molar-refractivity contribution >= 4 is 28.9 Å². The van der Waals surface area contributed by atoms with E-state index in [4.69, 9.17) is 18.0 Å². The number of benzene rings is 3. The van der Waals surface area contributed by atoms with Gasteiger partial charge in [0.15, 0.2) is 0 Å². The monoisotopic (exact) mass is 512 g/mol. The molecule has 0 unspecified atom stereocenters. The van der Waals surface area contributed by atoms with Crippen molar-refractivity contribution in [3.63, 3.8) is 0 Å². The molecular weight excluding hydrogens is 480 g/mol. The number of aryl methyl sites for hydroxylation is 1. The Morgan fingerprint density at radius 3 is 2.16 bits per heavy atom. The summed E-state index contributed by atoms with van der Waals surface area (Å²) in [5.41, 5.74) is 6.10. The molecule has 6 heteroatoms. The van der Waals surface area contributed by atoms with Crippen LogP contribution < -0.4 is 9.80 Å². The molecule has 2 aliphatic heterocycles. The number of halogens is 1. The summed E-state index contributed by atoms with van der Waals surface area (Å²) in [4.78, 5) is 22.6. The molecule has 3 aromatic carbocycles. The first-order valence-electron chi connectivity index (χ1n) is 12.9. The fraction of sp³-hybridized carbons (Fsp3) is 0.323. The first kappa shape index (κ1) is 25.2. The third kappa shape index (κ3) is 5.61. The van der Waals surface area contributed by atoms with E-state index < -0.39 is 0 Å². The third-order valence-corrected chi connectivity index (χ3v) is 7.79. The molecule has 190 valence electrons. The number of anilines is 2. The van der Waals surface area contributed by atoms with Crippen molar-refractivity contribution in [2.24, 2.45) is 0 Å². The lowest BCUT2D eigenvalue weighted by atomic mass is 10.0. The summed E-state index contributed by atoms with van der Waals surface area (Å²) in [6.45, 7) is 9.59. The van der Waals surface area contributed by atoms with Crippen LogP contribution in [0.3, 0.4) is 0 Å². The molecule has 0 aromatic heterocycles. The van der Waals surface area contributed by atoms with Crippen LogP contribution in [-0.2, 0) is 6.54 Å². The van der Waals surface area contributed by atoms with Crippen molar-refractivity contribution in [2.75, 3.05) is 62.2 Å². The van der Waals surface area contributed by atoms with E-state index in [1.165, 1.54) is 5.56 Å². The first-order chi connectivity index (χ1) is 18.0. The second-order valence-electron chi connectivity index (χ2n) is 9.80. The van der Waals surface area contributed by atoms with E-state index in [0.717, 1.165) is 78.9 Å². The third-order valence-electron chi connectivity index (χ3n) is 7.47. The van der Waals surface area contributed by atoms with E-state index in [9.17, 15) is 4.79 Å². The number of nitrogens with zero attached hydrogens (tertiary/aromatic N) is 4. The van der Waals surface area contributed by atoms with Gasteiger partial charge in [0.05, 0.1) is 16.4 Å². The normalized spacial score (nSPS) is 16.5. The standard InChI is InChI=1S/C31H33ClN4O/c1-3-26-8-4-6-10-29(26)34-18-20-36(21-19-34)31(37)27-22-25(13-12-24(27)2)23-33-14-16-35(17-15-33)30-11-7-5-9-28(30)32/h1,4-13,22H,14-21,23H2,2H3. The van der Waals surface area contributed by atoms with E-state index in [1.54, 1.807) is 0 Å². The number of piperazine rings is 2. The highest BCUT2D eigenvalue weighted by Crippen LogP contribution is 2.27. The fourth-order valence-corrected chi connectivity index (χ4v) is 5.56. The average Bonchev–Trinajstić information content (AvgIpc) is 2.94. The zero-order chi connectivity index (χ0) is 25.8. The quantitative estimate of drug-likeness (QED) is 0.454. The average molecular weight is 513 g/mol. The summed E-state index contributed by atoms with van der Waals surface area (Å²) >= 11 is 6.40. The van der Waals surface area contributed by atoms with Gasteiger partial charge in [0.25, 0.3) is 5.91 Å². The summed E-state index contributed by atoms with van der Waals surface area (Å²) in [6.07, 6.45) is 5.69. The minimum absolute atomic E-state index is 0.118. The zero-order valence-electron chi connectivity index (χ0n) is 21.4. The predicted molar refractivity (Wildman–Crippen MR) is 153 cm³/mol. The molecule has 0 N–H and O–H groups in total. The van der Waals surface area contributed by atoms with Gasteiger partial charge in [-0.3, -0.25) is 9.69 Å². The molecule has 0 radical (unpaired) electrons. The summed E-state index contributed by atoms with van der Waals surface area (Å²) in [5, 5.41) is 0.804. The number of hydrogen-bond acceptors (Lipinski definition) is 4. The topological polar surface area (TPSA) is 30.0 Å². The van der Waals surface area contributed by atoms with Crippen LogP contribution in [0.4, 0.5) is 11.4 Å². The van der Waals surface area contributed by atoms with Gasteiger partial charge in [-0.05, 0) is 48.4 Å². The predicted octanol–water partition coefficient (Wildman–Crippen LogP) is 4.91. The van der Waals surface area contributed by atoms with Gasteiger partial charge in [-0.2, -0.15) is 0 Å². The van der Waals surface area contributed by atoms with E-state index in [-0.39, 0.29) is 5.91 Å². The molecule has 0 atom stereocenters. The van der Waals surface area contributed by atoms with Crippen molar-refractivity contribution < 1.29 is 4.79 Å². The largest absolute Gasteiger partial charge is 0.368 e. The Morgan fingerprint density at radius 2 is 1.46 bits per heavy atom. The SMILES string of the molecule is C#Cc1ccccc1N1CCN(C(=O)c2cc(CN3CCN(c4ccccc4Cl)CC3)ccc2C)CC1. The second kappa shape index (κ2) is 11.3. The lowest BCUT2D eigenvalue weighted by molar-refractivity contribution is 0.0746. The summed E-state index contributed by atoms with van der Waals surface area (Å²) in [7, 11) is 0. The molecule has 0 aliphatic carbocycles. The molecule has 37 heavy (non-hydrogen) atoms. The van der Waals surface area contributed by atoms with Crippen molar-refractivity contribution in [1.29, 1.82) is 0 Å². The minimum atomic E-state index is 0.118.